The van der Waals surface area contributed by atoms with Crippen molar-refractivity contribution in [3.05, 3.63) is 70.8 Å². The smallest absolute Gasteiger partial charge is 0.418 e. The lowest BCUT2D eigenvalue weighted by atomic mass is 10.1. The lowest BCUT2D eigenvalue weighted by molar-refractivity contribution is 0.183. The molecule has 7 heteroatoms. The van der Waals surface area contributed by atoms with Crippen molar-refractivity contribution in [2.45, 2.75) is 13.1 Å². The number of amides is 1. The van der Waals surface area contributed by atoms with E-state index < -0.39 is 6.09 Å². The summed E-state index contributed by atoms with van der Waals surface area (Å²) in [6.07, 6.45) is -1.39. The Morgan fingerprint density at radius 1 is 0.833 bits per heavy atom. The molecule has 0 saturated carbocycles. The molecule has 124 valence electrons. The Kier molecular flexibility index (Phi) is 5.41. The third kappa shape index (κ3) is 3.65. The minimum absolute atomic E-state index is 0.293. The predicted molar refractivity (Wildman–Crippen MR) is 92.2 cm³/mol. The van der Waals surface area contributed by atoms with Crippen LogP contribution in [-0.4, -0.2) is 27.8 Å². The van der Waals surface area contributed by atoms with E-state index in [0.29, 0.717) is 29.1 Å². The second-order valence-corrected chi connectivity index (χ2v) is 5.12. The zero-order valence-electron chi connectivity index (χ0n) is 13.0. The number of benzene rings is 2. The van der Waals surface area contributed by atoms with Crippen molar-refractivity contribution in [2.75, 3.05) is 0 Å². The van der Waals surface area contributed by atoms with Crippen LogP contribution in [0.1, 0.15) is 22.3 Å². The molecule has 24 heavy (non-hydrogen) atoms. The van der Waals surface area contributed by atoms with Crippen molar-refractivity contribution in [3.8, 4) is 0 Å². The highest BCUT2D eigenvalue weighted by Gasteiger charge is 2.24. The summed E-state index contributed by atoms with van der Waals surface area (Å²) in [6.45, 7) is 0.721. The van der Waals surface area contributed by atoms with Crippen molar-refractivity contribution >= 4 is 17.8 Å². The summed E-state index contributed by atoms with van der Waals surface area (Å²) in [4.78, 5) is 12.2. The van der Waals surface area contributed by atoms with Crippen molar-refractivity contribution in [1.29, 1.82) is 10.8 Å². The average molecular weight is 325 g/mol. The molecule has 0 fully saturated rings. The number of carboxylic acid groups (broad SMARTS) is 1. The van der Waals surface area contributed by atoms with Gasteiger partial charge in [-0.2, -0.15) is 0 Å². The lowest BCUT2D eigenvalue weighted by Crippen LogP contribution is -2.41. The van der Waals surface area contributed by atoms with Crippen LogP contribution in [0, 0.1) is 10.8 Å². The lowest BCUT2D eigenvalue weighted by Gasteiger charge is -2.21. The monoisotopic (exact) mass is 325 g/mol. The Morgan fingerprint density at radius 2 is 1.17 bits per heavy atom. The molecule has 7 nitrogen and oxygen atoms in total. The quantitative estimate of drug-likeness (QED) is 0.432. The van der Waals surface area contributed by atoms with Crippen molar-refractivity contribution < 1.29 is 9.90 Å². The van der Waals surface area contributed by atoms with Gasteiger partial charge in [0.1, 0.15) is 11.7 Å². The van der Waals surface area contributed by atoms with Crippen LogP contribution in [0.3, 0.4) is 0 Å². The maximum absolute atomic E-state index is 11.6. The van der Waals surface area contributed by atoms with E-state index in [2.05, 4.69) is 0 Å². The van der Waals surface area contributed by atoms with Crippen molar-refractivity contribution in [1.82, 2.24) is 4.90 Å². The van der Waals surface area contributed by atoms with E-state index in [1.165, 1.54) is 0 Å². The molecule has 0 saturated heterocycles. The van der Waals surface area contributed by atoms with Gasteiger partial charge >= 0.3 is 6.09 Å². The highest BCUT2D eigenvalue weighted by atomic mass is 16.4. The highest BCUT2D eigenvalue weighted by Crippen LogP contribution is 2.13. The van der Waals surface area contributed by atoms with E-state index >= 15 is 0 Å². The minimum atomic E-state index is -1.39. The van der Waals surface area contributed by atoms with Crippen molar-refractivity contribution in [2.24, 2.45) is 11.5 Å². The van der Waals surface area contributed by atoms with Crippen LogP contribution in [0.2, 0.25) is 0 Å². The first-order valence-electron chi connectivity index (χ1n) is 7.26. The van der Waals surface area contributed by atoms with Gasteiger partial charge in [0.15, 0.2) is 0 Å². The second kappa shape index (κ2) is 7.49. The summed E-state index contributed by atoms with van der Waals surface area (Å²) >= 11 is 0. The Hall–Kier alpha value is -3.03. The average Bonchev–Trinajstić information content (AvgIpc) is 2.61. The minimum Gasteiger partial charge on any atom is -0.464 e. The molecule has 2 aromatic rings. The van der Waals surface area contributed by atoms with Gasteiger partial charge in [-0.25, -0.2) is 9.69 Å². The predicted octanol–water partition coefficient (Wildman–Crippen LogP) is 1.93. The number of amidine groups is 2. The summed E-state index contributed by atoms with van der Waals surface area (Å²) in [7, 11) is 0. The second-order valence-electron chi connectivity index (χ2n) is 5.12. The largest absolute Gasteiger partial charge is 0.464 e. The number of rotatable bonds is 4. The number of nitrogens with two attached hydrogens (primary N) is 2. The first kappa shape index (κ1) is 17.3. The summed E-state index contributed by atoms with van der Waals surface area (Å²) in [6, 6.07) is 13.4. The van der Waals surface area contributed by atoms with Gasteiger partial charge in [-0.05, 0) is 11.1 Å². The highest BCUT2D eigenvalue weighted by molar-refractivity contribution is 6.20. The van der Waals surface area contributed by atoms with E-state index in [0.717, 1.165) is 11.1 Å². The molecule has 2 aromatic carbocycles. The van der Waals surface area contributed by atoms with Crippen LogP contribution in [0.4, 0.5) is 4.79 Å². The molecular weight excluding hydrogens is 306 g/mol. The van der Waals surface area contributed by atoms with Gasteiger partial charge in [0, 0.05) is 24.2 Å². The van der Waals surface area contributed by atoms with Crippen LogP contribution in [-0.2, 0) is 13.1 Å². The Balaban J connectivity index is 2.31. The fraction of sp³-hybridized carbons (Fsp3) is 0.118. The first-order chi connectivity index (χ1) is 11.5. The summed E-state index contributed by atoms with van der Waals surface area (Å²) < 4.78 is 0. The summed E-state index contributed by atoms with van der Waals surface area (Å²) in [5.74, 6) is -0.585. The normalized spacial score (nSPS) is 10.2. The van der Waals surface area contributed by atoms with Crippen LogP contribution in [0.5, 0.6) is 0 Å². The van der Waals surface area contributed by atoms with E-state index in [9.17, 15) is 9.90 Å². The van der Waals surface area contributed by atoms with Crippen LogP contribution < -0.4 is 11.5 Å². The maximum atomic E-state index is 11.6. The molecule has 2 rings (SSSR count). The molecule has 0 aliphatic heterocycles. The Labute approximate surface area is 139 Å². The van der Waals surface area contributed by atoms with Gasteiger partial charge in [-0.1, -0.05) is 48.5 Å². The molecule has 0 bridgehead atoms. The molecule has 1 amide bonds. The SMILES string of the molecule is N=C(c1ccc(CN)cc1)N(C(=N)c1ccc(CN)cc1)C(=O)O. The number of carbonyl (C=O) groups is 1. The van der Waals surface area contributed by atoms with E-state index in [-0.39, 0.29) is 11.7 Å². The molecule has 0 spiro atoms. The van der Waals surface area contributed by atoms with Crippen molar-refractivity contribution in [3.63, 3.8) is 0 Å². The van der Waals surface area contributed by atoms with Crippen LogP contribution in [0.15, 0.2) is 48.5 Å². The molecule has 0 heterocycles. The van der Waals surface area contributed by atoms with E-state index in [1.54, 1.807) is 48.5 Å². The van der Waals surface area contributed by atoms with Gasteiger partial charge in [0.05, 0.1) is 0 Å². The molecule has 0 radical (unpaired) electrons. The van der Waals surface area contributed by atoms with Gasteiger partial charge in [-0.15, -0.1) is 0 Å². The molecular formula is C17H19N5O2. The molecule has 0 aliphatic carbocycles. The Bertz CT molecular complexity index is 694. The number of hydrogen-bond acceptors (Lipinski definition) is 5. The maximum Gasteiger partial charge on any atom is 0.418 e. The van der Waals surface area contributed by atoms with Gasteiger partial charge in [-0.3, -0.25) is 10.8 Å². The molecule has 0 atom stereocenters. The van der Waals surface area contributed by atoms with Gasteiger partial charge in [0.25, 0.3) is 0 Å². The number of hydrogen-bond donors (Lipinski definition) is 5. The molecule has 0 unspecified atom stereocenters. The third-order valence-corrected chi connectivity index (χ3v) is 3.56. The van der Waals surface area contributed by atoms with E-state index in [1.807, 2.05) is 0 Å². The zero-order chi connectivity index (χ0) is 17.7. The Morgan fingerprint density at radius 3 is 1.42 bits per heavy atom. The zero-order valence-corrected chi connectivity index (χ0v) is 13.0. The topological polar surface area (TPSA) is 140 Å². The molecule has 0 aliphatic rings. The fourth-order valence-corrected chi connectivity index (χ4v) is 2.16. The summed E-state index contributed by atoms with van der Waals surface area (Å²) in [5, 5.41) is 25.8. The summed E-state index contributed by atoms with van der Waals surface area (Å²) in [5.41, 5.74) is 13.6. The first-order valence-corrected chi connectivity index (χ1v) is 7.26. The van der Waals surface area contributed by atoms with Gasteiger partial charge < -0.3 is 16.6 Å². The van der Waals surface area contributed by atoms with Gasteiger partial charge in [0.2, 0.25) is 0 Å². The van der Waals surface area contributed by atoms with Crippen LogP contribution in [0.25, 0.3) is 0 Å². The third-order valence-electron chi connectivity index (χ3n) is 3.56. The fourth-order valence-electron chi connectivity index (χ4n) is 2.16. The molecule has 0 aromatic heterocycles. The molecule has 7 N–H and O–H groups in total. The number of nitrogens with zero attached hydrogens (tertiary/aromatic N) is 1. The van der Waals surface area contributed by atoms with E-state index in [4.69, 9.17) is 22.3 Å². The van der Waals surface area contributed by atoms with Crippen LogP contribution >= 0.6 is 0 Å². The number of nitrogens with one attached hydrogen (secondary N) is 2. The standard InChI is InChI=1S/C17H19N5O2/c18-9-11-1-5-13(6-2-11)15(20)22(17(23)24)16(21)14-7-3-12(10-19)4-8-14/h1-8,20-21H,9-10,18-19H2,(H,23,24).